The van der Waals surface area contributed by atoms with Crippen molar-refractivity contribution >= 4 is 39.3 Å². The molecule has 3 nitrogen and oxygen atoms in total. The number of para-hydroxylation sites is 1. The third-order valence-corrected chi connectivity index (χ3v) is 3.63. The molecule has 1 aromatic carbocycles. The van der Waals surface area contributed by atoms with Gasteiger partial charge in [-0.2, -0.15) is 0 Å². The van der Waals surface area contributed by atoms with Crippen LogP contribution in [0.5, 0.6) is 0 Å². The second-order valence-electron chi connectivity index (χ2n) is 3.26. The number of carbonyl (C=O) groups excluding carboxylic acids is 1. The zero-order chi connectivity index (χ0) is 12.3. The molecule has 2 aromatic rings. The Labute approximate surface area is 112 Å². The van der Waals surface area contributed by atoms with Gasteiger partial charge in [-0.15, -0.1) is 11.8 Å². The lowest BCUT2D eigenvalue weighted by atomic mass is 10.3. The Hall–Kier alpha value is -1.20. The maximum absolute atomic E-state index is 12.0. The summed E-state index contributed by atoms with van der Waals surface area (Å²) in [5.41, 5.74) is 1.29. The largest absolute Gasteiger partial charge is 0.457 e. The number of thioether (sulfide) groups is 1. The van der Waals surface area contributed by atoms with Crippen LogP contribution in [0.2, 0.25) is 0 Å². The van der Waals surface area contributed by atoms with E-state index < -0.39 is 0 Å². The van der Waals surface area contributed by atoms with E-state index in [2.05, 4.69) is 21.2 Å². The lowest BCUT2D eigenvalue weighted by Crippen LogP contribution is -2.12. The van der Waals surface area contributed by atoms with Gasteiger partial charge in [0.15, 0.2) is 4.67 Å². The molecule has 0 bridgehead atoms. The third kappa shape index (κ3) is 2.73. The predicted molar refractivity (Wildman–Crippen MR) is 72.6 cm³/mol. The highest BCUT2D eigenvalue weighted by atomic mass is 79.9. The van der Waals surface area contributed by atoms with Gasteiger partial charge in [0.05, 0.1) is 17.5 Å². The Morgan fingerprint density at radius 2 is 2.12 bits per heavy atom. The first kappa shape index (κ1) is 12.3. The molecule has 0 aliphatic heterocycles. The highest BCUT2D eigenvalue weighted by Gasteiger charge is 2.13. The van der Waals surface area contributed by atoms with Gasteiger partial charge in [0.25, 0.3) is 5.91 Å². The molecule has 2 rings (SSSR count). The van der Waals surface area contributed by atoms with Gasteiger partial charge >= 0.3 is 0 Å². The van der Waals surface area contributed by atoms with Crippen LogP contribution in [0.4, 0.5) is 5.69 Å². The number of hydrogen-bond donors (Lipinski definition) is 1. The summed E-state index contributed by atoms with van der Waals surface area (Å²) in [5, 5.41) is 2.85. The summed E-state index contributed by atoms with van der Waals surface area (Å²) in [5.74, 6) is -0.188. The van der Waals surface area contributed by atoms with Crippen molar-refractivity contribution < 1.29 is 9.21 Å². The average Bonchev–Trinajstić information content (AvgIpc) is 2.76. The molecule has 88 valence electrons. The number of amides is 1. The summed E-state index contributed by atoms with van der Waals surface area (Å²) < 4.78 is 5.47. The molecule has 0 unspecified atom stereocenters. The van der Waals surface area contributed by atoms with Gasteiger partial charge in [-0.25, -0.2) is 0 Å². The summed E-state index contributed by atoms with van der Waals surface area (Å²) in [6, 6.07) is 9.29. The summed E-state index contributed by atoms with van der Waals surface area (Å²) in [6.07, 6.45) is 3.44. The quantitative estimate of drug-likeness (QED) is 0.871. The normalized spacial score (nSPS) is 10.2. The van der Waals surface area contributed by atoms with Crippen LogP contribution >= 0.6 is 27.7 Å². The highest BCUT2D eigenvalue weighted by Crippen LogP contribution is 2.26. The molecule has 0 fully saturated rings. The molecule has 0 atom stereocenters. The topological polar surface area (TPSA) is 42.2 Å². The standard InChI is InChI=1S/C12H10BrNO2S/c1-17-10-5-3-2-4-9(10)14-12(15)8-6-7-16-11(8)13/h2-7H,1H3,(H,14,15). The Bertz CT molecular complexity index is 539. The van der Waals surface area contributed by atoms with Crippen molar-refractivity contribution in [3.8, 4) is 0 Å². The van der Waals surface area contributed by atoms with E-state index in [-0.39, 0.29) is 5.91 Å². The van der Waals surface area contributed by atoms with E-state index in [1.54, 1.807) is 17.8 Å². The van der Waals surface area contributed by atoms with Crippen molar-refractivity contribution in [1.29, 1.82) is 0 Å². The van der Waals surface area contributed by atoms with Gasteiger partial charge in [0, 0.05) is 4.90 Å². The Balaban J connectivity index is 2.22. The van der Waals surface area contributed by atoms with Gasteiger partial charge in [0.1, 0.15) is 0 Å². The number of carbonyl (C=O) groups is 1. The molecule has 0 aliphatic carbocycles. The van der Waals surface area contributed by atoms with Gasteiger partial charge in [-0.3, -0.25) is 4.79 Å². The third-order valence-electron chi connectivity index (χ3n) is 2.22. The molecule has 0 aliphatic rings. The molecular weight excluding hydrogens is 302 g/mol. The fourth-order valence-electron chi connectivity index (χ4n) is 1.39. The van der Waals surface area contributed by atoms with Crippen molar-refractivity contribution in [2.75, 3.05) is 11.6 Å². The molecule has 0 spiro atoms. The first-order valence-electron chi connectivity index (χ1n) is 4.89. The van der Waals surface area contributed by atoms with E-state index in [1.807, 2.05) is 30.5 Å². The Morgan fingerprint density at radius 1 is 1.35 bits per heavy atom. The maximum atomic E-state index is 12.0. The zero-order valence-electron chi connectivity index (χ0n) is 9.07. The average molecular weight is 312 g/mol. The van der Waals surface area contributed by atoms with E-state index in [0.717, 1.165) is 10.6 Å². The van der Waals surface area contributed by atoms with Crippen molar-refractivity contribution in [3.63, 3.8) is 0 Å². The Kier molecular flexibility index (Phi) is 3.91. The first-order chi connectivity index (χ1) is 8.22. The van der Waals surface area contributed by atoms with Gasteiger partial charge in [-0.05, 0) is 40.4 Å². The second-order valence-corrected chi connectivity index (χ2v) is 4.83. The minimum absolute atomic E-state index is 0.188. The number of benzene rings is 1. The molecule has 1 amide bonds. The number of furan rings is 1. The summed E-state index contributed by atoms with van der Waals surface area (Å²) in [6.45, 7) is 0. The molecule has 0 saturated carbocycles. The lowest BCUT2D eigenvalue weighted by Gasteiger charge is -2.08. The van der Waals surface area contributed by atoms with Crippen LogP contribution in [0.1, 0.15) is 10.4 Å². The zero-order valence-corrected chi connectivity index (χ0v) is 11.5. The van der Waals surface area contributed by atoms with Crippen LogP contribution in [-0.4, -0.2) is 12.2 Å². The second kappa shape index (κ2) is 5.42. The number of halogens is 1. The molecule has 1 aromatic heterocycles. The number of rotatable bonds is 3. The van der Waals surface area contributed by atoms with E-state index >= 15 is 0 Å². The van der Waals surface area contributed by atoms with Crippen molar-refractivity contribution in [1.82, 2.24) is 0 Å². The van der Waals surface area contributed by atoms with E-state index in [9.17, 15) is 4.79 Å². The summed E-state index contributed by atoms with van der Waals surface area (Å²) in [4.78, 5) is 13.0. The SMILES string of the molecule is CSc1ccccc1NC(=O)c1ccoc1Br. The minimum atomic E-state index is -0.188. The van der Waals surface area contributed by atoms with Gasteiger partial charge in [0.2, 0.25) is 0 Å². The fraction of sp³-hybridized carbons (Fsp3) is 0.0833. The molecule has 0 saturated heterocycles. The van der Waals surface area contributed by atoms with Crippen LogP contribution in [0.25, 0.3) is 0 Å². The van der Waals surface area contributed by atoms with Gasteiger partial charge in [-0.1, -0.05) is 12.1 Å². The molecule has 1 N–H and O–H groups in total. The van der Waals surface area contributed by atoms with Gasteiger partial charge < -0.3 is 9.73 Å². The first-order valence-corrected chi connectivity index (χ1v) is 6.91. The van der Waals surface area contributed by atoms with Crippen LogP contribution in [-0.2, 0) is 0 Å². The summed E-state index contributed by atoms with van der Waals surface area (Å²) in [7, 11) is 0. The smallest absolute Gasteiger partial charge is 0.260 e. The van der Waals surface area contributed by atoms with Crippen LogP contribution < -0.4 is 5.32 Å². The number of anilines is 1. The lowest BCUT2D eigenvalue weighted by molar-refractivity contribution is 0.102. The molecule has 17 heavy (non-hydrogen) atoms. The van der Waals surface area contributed by atoms with Crippen molar-refractivity contribution in [2.24, 2.45) is 0 Å². The minimum Gasteiger partial charge on any atom is -0.457 e. The van der Waals surface area contributed by atoms with Crippen LogP contribution in [0.3, 0.4) is 0 Å². The molecule has 5 heteroatoms. The van der Waals surface area contributed by atoms with E-state index in [1.165, 1.54) is 6.26 Å². The monoisotopic (exact) mass is 311 g/mol. The fourth-order valence-corrected chi connectivity index (χ4v) is 2.37. The Morgan fingerprint density at radius 3 is 2.76 bits per heavy atom. The maximum Gasteiger partial charge on any atom is 0.260 e. The van der Waals surface area contributed by atoms with Crippen molar-refractivity contribution in [2.45, 2.75) is 4.90 Å². The highest BCUT2D eigenvalue weighted by molar-refractivity contribution is 9.10. The molecule has 1 heterocycles. The van der Waals surface area contributed by atoms with E-state index in [0.29, 0.717) is 10.2 Å². The number of hydrogen-bond acceptors (Lipinski definition) is 3. The van der Waals surface area contributed by atoms with Crippen molar-refractivity contribution in [3.05, 3.63) is 46.8 Å². The molecular formula is C12H10BrNO2S. The van der Waals surface area contributed by atoms with E-state index in [4.69, 9.17) is 4.42 Å². The van der Waals surface area contributed by atoms with Crippen LogP contribution in [0, 0.1) is 0 Å². The van der Waals surface area contributed by atoms with Crippen LogP contribution in [0.15, 0.2) is 50.6 Å². The predicted octanol–water partition coefficient (Wildman–Crippen LogP) is 4.02. The summed E-state index contributed by atoms with van der Waals surface area (Å²) >= 11 is 4.77. The number of nitrogens with one attached hydrogen (secondary N) is 1. The molecule has 0 radical (unpaired) electrons.